The molecule has 0 aliphatic carbocycles. The van der Waals surface area contributed by atoms with E-state index >= 15 is 0 Å². The van der Waals surface area contributed by atoms with Crippen LogP contribution in [0.4, 0.5) is 0 Å². The SMILES string of the molecule is CC(=O)N[C@H]1[C@H](Oc2ccc3c(C)cc(=O)oc3c2)O[C@H](COS(=O)(=O)O)[C@H](OC(=O)c2ccccc2)[C@@H]1OC(=O)c1ccccc1. The van der Waals surface area contributed by atoms with E-state index in [2.05, 4.69) is 9.50 Å². The maximum absolute atomic E-state index is 13.4. The number of fused-ring (bicyclic) bond motifs is 1. The third kappa shape index (κ3) is 8.39. The van der Waals surface area contributed by atoms with Crippen LogP contribution in [0.15, 0.2) is 94.1 Å². The Morgan fingerprint density at radius 3 is 2.04 bits per heavy atom. The van der Waals surface area contributed by atoms with Crippen molar-refractivity contribution in [3.8, 4) is 5.75 Å². The van der Waals surface area contributed by atoms with Gasteiger partial charge in [-0.3, -0.25) is 9.35 Å². The summed E-state index contributed by atoms with van der Waals surface area (Å²) in [6.45, 7) is 1.97. The Morgan fingerprint density at radius 1 is 0.872 bits per heavy atom. The van der Waals surface area contributed by atoms with Gasteiger partial charge >= 0.3 is 28.0 Å². The third-order valence-electron chi connectivity index (χ3n) is 7.08. The fourth-order valence-electron chi connectivity index (χ4n) is 5.01. The second-order valence-electron chi connectivity index (χ2n) is 10.5. The molecule has 246 valence electrons. The first kappa shape index (κ1) is 33.3. The number of amides is 1. The topological polar surface area (TPSA) is 194 Å². The summed E-state index contributed by atoms with van der Waals surface area (Å²) in [6, 6.07) is 20.0. The van der Waals surface area contributed by atoms with Gasteiger partial charge in [0.1, 0.15) is 23.5 Å². The standard InChI is InChI=1S/C32H29NO13S/c1-18-15-26(35)43-24-16-22(13-14-23(18)24)42-32-27(33-19(2)34)29(46-31(37)21-11-7-4-8-12-21)28(25(44-32)17-41-47(38,39)40)45-30(36)20-9-5-3-6-10-20/h3-16,25,27-29,32H,17H2,1-2H3,(H,33,34)(H,38,39,40)/t25-,27-,28+,29-,32-/m1/s1. The molecule has 4 aromatic rings. The molecule has 0 spiro atoms. The molecule has 2 heterocycles. The normalized spacial score (nSPS) is 21.0. The zero-order chi connectivity index (χ0) is 33.7. The van der Waals surface area contributed by atoms with Crippen LogP contribution in [0, 0.1) is 6.92 Å². The molecule has 1 aromatic heterocycles. The molecular weight excluding hydrogens is 638 g/mol. The zero-order valence-electron chi connectivity index (χ0n) is 24.9. The second kappa shape index (κ2) is 14.1. The lowest BCUT2D eigenvalue weighted by Gasteiger charge is -2.45. The lowest BCUT2D eigenvalue weighted by Crippen LogP contribution is -2.67. The van der Waals surface area contributed by atoms with E-state index in [1.165, 1.54) is 49.4 Å². The number of hydrogen-bond donors (Lipinski definition) is 2. The minimum Gasteiger partial charge on any atom is -0.462 e. The molecule has 5 atom stereocenters. The third-order valence-corrected chi connectivity index (χ3v) is 7.51. The van der Waals surface area contributed by atoms with Crippen LogP contribution in [-0.4, -0.2) is 68.1 Å². The molecule has 0 radical (unpaired) electrons. The maximum Gasteiger partial charge on any atom is 0.397 e. The largest absolute Gasteiger partial charge is 0.462 e. The summed E-state index contributed by atoms with van der Waals surface area (Å²) in [5.41, 5.74) is 0.420. The lowest BCUT2D eigenvalue weighted by atomic mass is 9.95. The molecular formula is C32H29NO13S. The summed E-state index contributed by atoms with van der Waals surface area (Å²) in [5, 5.41) is 3.22. The molecule has 1 amide bonds. The van der Waals surface area contributed by atoms with Crippen LogP contribution in [0.5, 0.6) is 5.75 Å². The van der Waals surface area contributed by atoms with Crippen molar-refractivity contribution in [2.45, 2.75) is 44.5 Å². The van der Waals surface area contributed by atoms with Crippen LogP contribution in [0.3, 0.4) is 0 Å². The van der Waals surface area contributed by atoms with Crippen molar-refractivity contribution >= 4 is 39.2 Å². The van der Waals surface area contributed by atoms with Crippen molar-refractivity contribution in [3.05, 3.63) is 112 Å². The molecule has 0 unspecified atom stereocenters. The number of aryl methyl sites for hydroxylation is 1. The van der Waals surface area contributed by atoms with Gasteiger partial charge < -0.3 is 28.7 Å². The highest BCUT2D eigenvalue weighted by Crippen LogP contribution is 2.31. The Kier molecular flexibility index (Phi) is 10.0. The fraction of sp³-hybridized carbons (Fsp3) is 0.250. The van der Waals surface area contributed by atoms with Crippen LogP contribution in [0.25, 0.3) is 11.0 Å². The number of hydrogen-bond acceptors (Lipinski definition) is 12. The van der Waals surface area contributed by atoms with E-state index in [-0.39, 0.29) is 22.5 Å². The van der Waals surface area contributed by atoms with Crippen LogP contribution < -0.4 is 15.7 Å². The van der Waals surface area contributed by atoms with Crippen LogP contribution in [0.2, 0.25) is 0 Å². The van der Waals surface area contributed by atoms with Crippen molar-refractivity contribution in [3.63, 3.8) is 0 Å². The smallest absolute Gasteiger partial charge is 0.397 e. The number of ether oxygens (including phenoxy) is 4. The van der Waals surface area contributed by atoms with Crippen molar-refractivity contribution in [2.24, 2.45) is 0 Å². The van der Waals surface area contributed by atoms with E-state index in [1.807, 2.05) is 0 Å². The summed E-state index contributed by atoms with van der Waals surface area (Å²) in [7, 11) is -5.03. The average molecular weight is 668 g/mol. The zero-order valence-corrected chi connectivity index (χ0v) is 25.7. The molecule has 1 saturated heterocycles. The molecule has 47 heavy (non-hydrogen) atoms. The Hall–Kier alpha value is -5.09. The average Bonchev–Trinajstić information content (AvgIpc) is 3.02. The van der Waals surface area contributed by atoms with Gasteiger partial charge in [-0.15, -0.1) is 0 Å². The first-order valence-electron chi connectivity index (χ1n) is 14.2. The maximum atomic E-state index is 13.4. The van der Waals surface area contributed by atoms with Crippen molar-refractivity contribution in [1.82, 2.24) is 5.32 Å². The van der Waals surface area contributed by atoms with Crippen LogP contribution in [0.1, 0.15) is 33.2 Å². The summed E-state index contributed by atoms with van der Waals surface area (Å²) in [5.74, 6) is -2.33. The molecule has 1 aliphatic heterocycles. The van der Waals surface area contributed by atoms with Gasteiger partial charge in [0.15, 0.2) is 12.2 Å². The van der Waals surface area contributed by atoms with Crippen LogP contribution >= 0.6 is 0 Å². The minimum absolute atomic E-state index is 0.0777. The van der Waals surface area contributed by atoms with Crippen molar-refractivity contribution in [2.75, 3.05) is 6.61 Å². The molecule has 0 saturated carbocycles. The first-order chi connectivity index (χ1) is 22.4. The molecule has 0 bridgehead atoms. The number of carbonyl (C=O) groups is 3. The van der Waals surface area contributed by atoms with E-state index in [0.29, 0.717) is 10.9 Å². The fourth-order valence-corrected chi connectivity index (χ4v) is 5.31. The quantitative estimate of drug-likeness (QED) is 0.143. The van der Waals surface area contributed by atoms with E-state index in [0.717, 1.165) is 0 Å². The molecule has 1 fully saturated rings. The Balaban J connectivity index is 1.58. The van der Waals surface area contributed by atoms with Crippen molar-refractivity contribution in [1.29, 1.82) is 0 Å². The summed E-state index contributed by atoms with van der Waals surface area (Å²) < 4.78 is 66.1. The lowest BCUT2D eigenvalue weighted by molar-refractivity contribution is -0.242. The molecule has 3 aromatic carbocycles. The van der Waals surface area contributed by atoms with Gasteiger partial charge in [-0.25, -0.2) is 18.6 Å². The highest BCUT2D eigenvalue weighted by atomic mass is 32.3. The monoisotopic (exact) mass is 667 g/mol. The van der Waals surface area contributed by atoms with E-state index in [9.17, 15) is 32.1 Å². The number of esters is 2. The summed E-state index contributed by atoms with van der Waals surface area (Å²) in [6.07, 6.45) is -6.31. The molecule has 5 rings (SSSR count). The number of benzene rings is 3. The summed E-state index contributed by atoms with van der Waals surface area (Å²) in [4.78, 5) is 51.1. The van der Waals surface area contributed by atoms with Crippen LogP contribution in [-0.2, 0) is 33.6 Å². The van der Waals surface area contributed by atoms with Crippen molar-refractivity contribution < 1.29 is 54.9 Å². The first-order valence-corrected chi connectivity index (χ1v) is 15.5. The van der Waals surface area contributed by atoms with Gasteiger partial charge in [0.25, 0.3) is 0 Å². The van der Waals surface area contributed by atoms with E-state index < -0.39 is 71.1 Å². The van der Waals surface area contributed by atoms with Gasteiger partial charge in [-0.05, 0) is 48.9 Å². The second-order valence-corrected chi connectivity index (χ2v) is 11.6. The molecule has 2 N–H and O–H groups in total. The van der Waals surface area contributed by atoms with E-state index in [1.54, 1.807) is 49.4 Å². The number of nitrogens with one attached hydrogen (secondary N) is 1. The van der Waals surface area contributed by atoms with E-state index in [4.69, 9.17) is 23.4 Å². The Bertz CT molecular complexity index is 1930. The molecule has 15 heteroatoms. The number of carbonyl (C=O) groups excluding carboxylic acids is 3. The van der Waals surface area contributed by atoms with Gasteiger partial charge in [-0.1, -0.05) is 36.4 Å². The predicted octanol–water partition coefficient (Wildman–Crippen LogP) is 2.98. The molecule has 14 nitrogen and oxygen atoms in total. The van der Waals surface area contributed by atoms with Gasteiger partial charge in [0, 0.05) is 24.4 Å². The van der Waals surface area contributed by atoms with Gasteiger partial charge in [-0.2, -0.15) is 8.42 Å². The Morgan fingerprint density at radius 2 is 1.47 bits per heavy atom. The highest BCUT2D eigenvalue weighted by molar-refractivity contribution is 7.80. The Labute approximate surface area is 268 Å². The predicted molar refractivity (Wildman–Crippen MR) is 163 cm³/mol. The van der Waals surface area contributed by atoms with Gasteiger partial charge in [0.2, 0.25) is 12.2 Å². The molecule has 1 aliphatic rings. The minimum atomic E-state index is -5.03. The van der Waals surface area contributed by atoms with Gasteiger partial charge in [0.05, 0.1) is 17.7 Å². The number of rotatable bonds is 10. The highest BCUT2D eigenvalue weighted by Gasteiger charge is 2.52. The summed E-state index contributed by atoms with van der Waals surface area (Å²) >= 11 is 0.